The molecule has 0 saturated carbocycles. The molecule has 1 atom stereocenters. The topological polar surface area (TPSA) is 34.9 Å². The predicted molar refractivity (Wildman–Crippen MR) is 91.4 cm³/mol. The van der Waals surface area contributed by atoms with E-state index in [1.54, 1.807) is 26.0 Å². The molecule has 5 heteroatoms. The zero-order chi connectivity index (χ0) is 18.1. The highest BCUT2D eigenvalue weighted by Gasteiger charge is 2.37. The number of rotatable bonds is 6. The number of imidazole rings is 1. The van der Waals surface area contributed by atoms with Crippen LogP contribution in [0.4, 0.5) is 8.78 Å². The Labute approximate surface area is 141 Å². The minimum absolute atomic E-state index is 0.0209. The van der Waals surface area contributed by atoms with E-state index < -0.39 is 11.8 Å². The van der Waals surface area contributed by atoms with E-state index in [0.29, 0.717) is 18.8 Å². The molecule has 130 valence electrons. The maximum atomic E-state index is 14.4. The molecule has 0 amide bonds. The Bertz CT molecular complexity index is 733. The minimum atomic E-state index is -2.85. The van der Waals surface area contributed by atoms with Crippen LogP contribution in [-0.4, -0.2) is 15.3 Å². The molecule has 3 nitrogen and oxygen atoms in total. The molecule has 2 rings (SSSR count). The lowest BCUT2D eigenvalue weighted by molar-refractivity contribution is -0.0594. The summed E-state index contributed by atoms with van der Waals surface area (Å²) in [5.74, 6) is -3.27. The van der Waals surface area contributed by atoms with Gasteiger partial charge in [-0.05, 0) is 20.3 Å². The summed E-state index contributed by atoms with van der Waals surface area (Å²) < 4.78 is 30.5. The SMILES string of the molecule is CCC(C)C(F)(F)c1ccc(-c2c(C)nc(C(C)=O)n2CC)cc1. The van der Waals surface area contributed by atoms with Crippen molar-refractivity contribution in [2.45, 2.75) is 53.5 Å². The number of alkyl halides is 2. The molecule has 0 bridgehead atoms. The van der Waals surface area contributed by atoms with Gasteiger partial charge >= 0.3 is 0 Å². The summed E-state index contributed by atoms with van der Waals surface area (Å²) in [6.45, 7) is 9.16. The number of halogens is 2. The summed E-state index contributed by atoms with van der Waals surface area (Å²) in [5.41, 5.74) is 2.34. The van der Waals surface area contributed by atoms with Crippen LogP contribution in [0.1, 0.15) is 56.0 Å². The van der Waals surface area contributed by atoms with Gasteiger partial charge < -0.3 is 4.57 Å². The molecular formula is C19H24F2N2O. The molecule has 0 spiro atoms. The number of carbonyl (C=O) groups is 1. The number of hydrogen-bond donors (Lipinski definition) is 0. The molecule has 0 fully saturated rings. The highest BCUT2D eigenvalue weighted by Crippen LogP contribution is 2.38. The van der Waals surface area contributed by atoms with Crippen molar-refractivity contribution in [3.8, 4) is 11.3 Å². The monoisotopic (exact) mass is 334 g/mol. The first-order valence-electron chi connectivity index (χ1n) is 8.30. The number of Topliss-reactive ketones (excluding diaryl/α,β-unsaturated/α-hetero) is 1. The number of aromatic nitrogens is 2. The van der Waals surface area contributed by atoms with Crippen LogP contribution in [0.15, 0.2) is 24.3 Å². The van der Waals surface area contributed by atoms with Crippen LogP contribution in [0, 0.1) is 12.8 Å². The van der Waals surface area contributed by atoms with Gasteiger partial charge in [-0.15, -0.1) is 0 Å². The first-order chi connectivity index (χ1) is 11.2. The third-order valence-electron chi connectivity index (χ3n) is 4.55. The molecular weight excluding hydrogens is 310 g/mol. The normalized spacial score (nSPS) is 13.1. The quantitative estimate of drug-likeness (QED) is 0.679. The lowest BCUT2D eigenvalue weighted by Crippen LogP contribution is -2.22. The van der Waals surface area contributed by atoms with Crippen LogP contribution in [0.3, 0.4) is 0 Å². The average molecular weight is 334 g/mol. The number of hydrogen-bond acceptors (Lipinski definition) is 2. The molecule has 2 aromatic rings. The van der Waals surface area contributed by atoms with Gasteiger partial charge in [0.2, 0.25) is 0 Å². The van der Waals surface area contributed by atoms with Crippen molar-refractivity contribution in [1.82, 2.24) is 9.55 Å². The van der Waals surface area contributed by atoms with E-state index in [-0.39, 0.29) is 11.3 Å². The Balaban J connectivity index is 2.48. The van der Waals surface area contributed by atoms with Crippen molar-refractivity contribution in [1.29, 1.82) is 0 Å². The number of ketones is 1. The number of carbonyl (C=O) groups excluding carboxylic acids is 1. The second-order valence-electron chi connectivity index (χ2n) is 6.18. The lowest BCUT2D eigenvalue weighted by Gasteiger charge is -2.23. The van der Waals surface area contributed by atoms with Crippen molar-refractivity contribution >= 4 is 5.78 Å². The van der Waals surface area contributed by atoms with Gasteiger partial charge in [0, 0.05) is 30.5 Å². The van der Waals surface area contributed by atoms with Crippen LogP contribution in [0.5, 0.6) is 0 Å². The fourth-order valence-corrected chi connectivity index (χ4v) is 2.91. The van der Waals surface area contributed by atoms with Crippen LogP contribution < -0.4 is 0 Å². The van der Waals surface area contributed by atoms with Crippen LogP contribution in [0.2, 0.25) is 0 Å². The Morgan fingerprint density at radius 3 is 2.29 bits per heavy atom. The zero-order valence-electron chi connectivity index (χ0n) is 14.9. The summed E-state index contributed by atoms with van der Waals surface area (Å²) in [7, 11) is 0. The van der Waals surface area contributed by atoms with E-state index >= 15 is 0 Å². The molecule has 1 aromatic heterocycles. The van der Waals surface area contributed by atoms with Gasteiger partial charge in [-0.25, -0.2) is 13.8 Å². The van der Waals surface area contributed by atoms with Crippen molar-refractivity contribution in [3.63, 3.8) is 0 Å². The fourth-order valence-electron chi connectivity index (χ4n) is 2.91. The molecule has 1 aromatic carbocycles. The standard InChI is InChI=1S/C19H24F2N2O/c1-6-12(3)19(20,21)16-10-8-15(9-11-16)17-13(4)22-18(14(5)24)23(17)7-2/h8-12H,6-7H2,1-5H3. The summed E-state index contributed by atoms with van der Waals surface area (Å²) in [6.07, 6.45) is 0.415. The van der Waals surface area contributed by atoms with E-state index in [1.807, 2.05) is 18.4 Å². The van der Waals surface area contributed by atoms with Crippen molar-refractivity contribution in [3.05, 3.63) is 41.3 Å². The minimum Gasteiger partial charge on any atom is -0.322 e. The first kappa shape index (κ1) is 18.3. The second kappa shape index (κ2) is 6.83. The smallest absolute Gasteiger partial charge is 0.275 e. The van der Waals surface area contributed by atoms with Crippen LogP contribution in [0.25, 0.3) is 11.3 Å². The number of nitrogens with zero attached hydrogens (tertiary/aromatic N) is 2. The van der Waals surface area contributed by atoms with Gasteiger partial charge in [-0.2, -0.15) is 0 Å². The molecule has 0 aliphatic carbocycles. The van der Waals surface area contributed by atoms with E-state index in [0.717, 1.165) is 17.0 Å². The average Bonchev–Trinajstić information content (AvgIpc) is 2.90. The predicted octanol–water partition coefficient (Wildman–Crippen LogP) is 5.22. The Morgan fingerprint density at radius 1 is 1.25 bits per heavy atom. The fraction of sp³-hybridized carbons (Fsp3) is 0.474. The maximum absolute atomic E-state index is 14.4. The van der Waals surface area contributed by atoms with E-state index in [1.165, 1.54) is 19.1 Å². The largest absolute Gasteiger partial charge is 0.322 e. The van der Waals surface area contributed by atoms with Crippen molar-refractivity contribution in [2.24, 2.45) is 5.92 Å². The summed E-state index contributed by atoms with van der Waals surface area (Å²) in [4.78, 5) is 16.1. The van der Waals surface area contributed by atoms with Gasteiger partial charge in [-0.1, -0.05) is 38.1 Å². The Hall–Kier alpha value is -2.04. The van der Waals surface area contributed by atoms with Gasteiger partial charge in [-0.3, -0.25) is 4.79 Å². The van der Waals surface area contributed by atoms with Gasteiger partial charge in [0.15, 0.2) is 11.6 Å². The molecule has 1 unspecified atom stereocenters. The van der Waals surface area contributed by atoms with E-state index in [4.69, 9.17) is 0 Å². The first-order valence-corrected chi connectivity index (χ1v) is 8.30. The Morgan fingerprint density at radius 2 is 1.83 bits per heavy atom. The van der Waals surface area contributed by atoms with Crippen molar-refractivity contribution < 1.29 is 13.6 Å². The van der Waals surface area contributed by atoms with Crippen LogP contribution >= 0.6 is 0 Å². The lowest BCUT2D eigenvalue weighted by atomic mass is 9.93. The molecule has 0 N–H and O–H groups in total. The van der Waals surface area contributed by atoms with E-state index in [2.05, 4.69) is 4.98 Å². The summed E-state index contributed by atoms with van der Waals surface area (Å²) >= 11 is 0. The Kier molecular flexibility index (Phi) is 5.21. The van der Waals surface area contributed by atoms with Gasteiger partial charge in [0.25, 0.3) is 5.92 Å². The third kappa shape index (κ3) is 3.12. The zero-order valence-corrected chi connectivity index (χ0v) is 14.9. The second-order valence-corrected chi connectivity index (χ2v) is 6.18. The van der Waals surface area contributed by atoms with E-state index in [9.17, 15) is 13.6 Å². The van der Waals surface area contributed by atoms with Gasteiger partial charge in [0.05, 0.1) is 11.4 Å². The highest BCUT2D eigenvalue weighted by atomic mass is 19.3. The summed E-state index contributed by atoms with van der Waals surface area (Å²) in [6, 6.07) is 6.32. The summed E-state index contributed by atoms with van der Waals surface area (Å²) in [5, 5.41) is 0. The van der Waals surface area contributed by atoms with Crippen LogP contribution in [-0.2, 0) is 12.5 Å². The van der Waals surface area contributed by atoms with Gasteiger partial charge in [0.1, 0.15) is 0 Å². The molecule has 0 aliphatic rings. The van der Waals surface area contributed by atoms with Crippen molar-refractivity contribution in [2.75, 3.05) is 0 Å². The highest BCUT2D eigenvalue weighted by molar-refractivity contribution is 5.91. The maximum Gasteiger partial charge on any atom is 0.275 e. The molecule has 1 heterocycles. The number of aryl methyl sites for hydroxylation is 1. The molecule has 0 aliphatic heterocycles. The molecule has 0 saturated heterocycles. The third-order valence-corrected chi connectivity index (χ3v) is 4.55. The molecule has 24 heavy (non-hydrogen) atoms. The number of benzene rings is 1. The molecule has 0 radical (unpaired) electrons.